The van der Waals surface area contributed by atoms with Gasteiger partial charge >= 0.3 is 6.03 Å². The van der Waals surface area contributed by atoms with E-state index in [0.717, 1.165) is 11.3 Å². The third-order valence-electron chi connectivity index (χ3n) is 4.54. The van der Waals surface area contributed by atoms with Crippen molar-refractivity contribution >= 4 is 23.3 Å². The van der Waals surface area contributed by atoms with Gasteiger partial charge in [0.15, 0.2) is 5.54 Å². The molecule has 0 aromatic carbocycles. The second-order valence-electron chi connectivity index (χ2n) is 5.83. The van der Waals surface area contributed by atoms with Crippen LogP contribution in [0.15, 0.2) is 17.5 Å². The number of nitrogens with one attached hydrogen (secondary N) is 2. The van der Waals surface area contributed by atoms with Crippen LogP contribution < -0.4 is 10.6 Å². The van der Waals surface area contributed by atoms with E-state index in [1.165, 1.54) is 43.4 Å². The molecular weight excluding hydrogens is 272 g/mol. The van der Waals surface area contributed by atoms with Gasteiger partial charge in [0.25, 0.3) is 5.91 Å². The summed E-state index contributed by atoms with van der Waals surface area (Å²) in [4.78, 5) is 24.8. The van der Waals surface area contributed by atoms with Crippen molar-refractivity contribution in [3.8, 4) is 0 Å². The fourth-order valence-electron chi connectivity index (χ4n) is 3.38. The lowest BCUT2D eigenvalue weighted by Crippen LogP contribution is -2.43. The quantitative estimate of drug-likeness (QED) is 0.838. The summed E-state index contributed by atoms with van der Waals surface area (Å²) in [7, 11) is 0. The first-order valence-corrected chi connectivity index (χ1v) is 8.26. The highest BCUT2D eigenvalue weighted by molar-refractivity contribution is 7.10. The molecule has 1 aliphatic heterocycles. The van der Waals surface area contributed by atoms with Crippen LogP contribution in [-0.2, 0) is 10.3 Å². The molecule has 108 valence electrons. The van der Waals surface area contributed by atoms with Gasteiger partial charge in [-0.25, -0.2) is 4.79 Å². The Bertz CT molecular complexity index is 494. The van der Waals surface area contributed by atoms with E-state index in [0.29, 0.717) is 12.3 Å². The molecule has 2 N–H and O–H groups in total. The van der Waals surface area contributed by atoms with Gasteiger partial charge in [0.05, 0.1) is 0 Å². The Morgan fingerprint density at radius 3 is 2.65 bits per heavy atom. The van der Waals surface area contributed by atoms with Crippen molar-refractivity contribution in [2.45, 2.75) is 50.5 Å². The first-order valence-electron chi connectivity index (χ1n) is 7.38. The van der Waals surface area contributed by atoms with Crippen molar-refractivity contribution in [3.05, 3.63) is 22.4 Å². The van der Waals surface area contributed by atoms with Crippen molar-refractivity contribution in [1.82, 2.24) is 10.6 Å². The lowest BCUT2D eigenvalue weighted by molar-refractivity contribution is -0.124. The molecule has 2 aliphatic rings. The van der Waals surface area contributed by atoms with E-state index in [1.807, 2.05) is 17.5 Å². The van der Waals surface area contributed by atoms with E-state index in [1.54, 1.807) is 0 Å². The summed E-state index contributed by atoms with van der Waals surface area (Å²) in [5.41, 5.74) is -0.831. The van der Waals surface area contributed by atoms with Gasteiger partial charge < -0.3 is 5.32 Å². The maximum Gasteiger partial charge on any atom is 0.322 e. The van der Waals surface area contributed by atoms with E-state index < -0.39 is 5.54 Å². The monoisotopic (exact) mass is 292 g/mol. The topological polar surface area (TPSA) is 58.2 Å². The average Bonchev–Trinajstić information content (AvgIpc) is 3.07. The summed E-state index contributed by atoms with van der Waals surface area (Å²) in [5.74, 6) is 0.506. The Kier molecular flexibility index (Phi) is 3.78. The van der Waals surface area contributed by atoms with Gasteiger partial charge in [0, 0.05) is 4.88 Å². The second-order valence-corrected chi connectivity index (χ2v) is 6.78. The minimum atomic E-state index is -0.831. The van der Waals surface area contributed by atoms with Gasteiger partial charge in [-0.05, 0) is 30.2 Å². The molecule has 1 saturated carbocycles. The van der Waals surface area contributed by atoms with E-state index >= 15 is 0 Å². The van der Waals surface area contributed by atoms with Crippen LogP contribution in [0.25, 0.3) is 0 Å². The van der Waals surface area contributed by atoms with E-state index in [2.05, 4.69) is 10.6 Å². The highest BCUT2D eigenvalue weighted by atomic mass is 32.1. The predicted molar refractivity (Wildman–Crippen MR) is 78.5 cm³/mol. The summed E-state index contributed by atoms with van der Waals surface area (Å²) < 4.78 is 0. The van der Waals surface area contributed by atoms with Crippen LogP contribution in [0, 0.1) is 5.92 Å². The Balaban J connectivity index is 1.76. The Hall–Kier alpha value is -1.36. The fourth-order valence-corrected chi connectivity index (χ4v) is 4.29. The molecule has 1 atom stereocenters. The average molecular weight is 292 g/mol. The third-order valence-corrected chi connectivity index (χ3v) is 5.57. The zero-order valence-corrected chi connectivity index (χ0v) is 12.3. The van der Waals surface area contributed by atoms with Gasteiger partial charge in [0.2, 0.25) is 0 Å². The van der Waals surface area contributed by atoms with E-state index in [-0.39, 0.29) is 11.9 Å². The summed E-state index contributed by atoms with van der Waals surface area (Å²) >= 11 is 1.54. The summed E-state index contributed by atoms with van der Waals surface area (Å²) in [5, 5.41) is 7.23. The molecule has 20 heavy (non-hydrogen) atoms. The minimum absolute atomic E-state index is 0.194. The van der Waals surface area contributed by atoms with Crippen molar-refractivity contribution in [3.63, 3.8) is 0 Å². The van der Waals surface area contributed by atoms with Gasteiger partial charge in [-0.15, -0.1) is 11.3 Å². The zero-order chi connectivity index (χ0) is 14.0. The molecule has 4 nitrogen and oxygen atoms in total. The van der Waals surface area contributed by atoms with Crippen molar-refractivity contribution in [1.29, 1.82) is 0 Å². The number of hydrogen-bond acceptors (Lipinski definition) is 3. The van der Waals surface area contributed by atoms with Crippen LogP contribution in [0.3, 0.4) is 0 Å². The molecule has 2 fully saturated rings. The molecule has 2 heterocycles. The summed E-state index contributed by atoms with van der Waals surface area (Å²) in [6, 6.07) is 3.50. The Labute approximate surface area is 122 Å². The molecule has 1 saturated heterocycles. The second kappa shape index (κ2) is 5.56. The number of urea groups is 1. The van der Waals surface area contributed by atoms with Crippen LogP contribution >= 0.6 is 11.3 Å². The number of rotatable bonds is 4. The summed E-state index contributed by atoms with van der Waals surface area (Å²) in [6.07, 6.45) is 8.17. The molecule has 0 bridgehead atoms. The highest BCUT2D eigenvalue weighted by Crippen LogP contribution is 2.37. The SMILES string of the molecule is O=C1NC(=O)C(CCC2CCCCC2)(c2cccs2)N1. The maximum absolute atomic E-state index is 12.3. The number of hydrogen-bond donors (Lipinski definition) is 2. The van der Waals surface area contributed by atoms with E-state index in [4.69, 9.17) is 0 Å². The van der Waals surface area contributed by atoms with Crippen LogP contribution in [0.4, 0.5) is 4.79 Å². The van der Waals surface area contributed by atoms with Crippen LogP contribution in [-0.4, -0.2) is 11.9 Å². The Morgan fingerprint density at radius 2 is 2.05 bits per heavy atom. The molecule has 1 aromatic rings. The number of thiophene rings is 1. The van der Waals surface area contributed by atoms with Crippen LogP contribution in [0.2, 0.25) is 0 Å². The molecule has 5 heteroatoms. The smallest absolute Gasteiger partial charge is 0.319 e. The van der Waals surface area contributed by atoms with Gasteiger partial charge in [-0.1, -0.05) is 38.2 Å². The fraction of sp³-hybridized carbons (Fsp3) is 0.600. The summed E-state index contributed by atoms with van der Waals surface area (Å²) in [6.45, 7) is 0. The van der Waals surface area contributed by atoms with Crippen LogP contribution in [0.5, 0.6) is 0 Å². The highest BCUT2D eigenvalue weighted by Gasteiger charge is 2.48. The van der Waals surface area contributed by atoms with Crippen molar-refractivity contribution in [2.24, 2.45) is 5.92 Å². The molecule has 0 spiro atoms. The number of amides is 3. The predicted octanol–water partition coefficient (Wildman–Crippen LogP) is 3.14. The molecular formula is C15H20N2O2S. The first-order chi connectivity index (χ1) is 9.71. The molecule has 1 aliphatic carbocycles. The van der Waals surface area contributed by atoms with Crippen molar-refractivity contribution < 1.29 is 9.59 Å². The normalized spacial score (nSPS) is 27.4. The molecule has 1 unspecified atom stereocenters. The van der Waals surface area contributed by atoms with Gasteiger partial charge in [-0.2, -0.15) is 0 Å². The number of carbonyl (C=O) groups is 2. The zero-order valence-electron chi connectivity index (χ0n) is 11.5. The first kappa shape index (κ1) is 13.6. The van der Waals surface area contributed by atoms with Crippen molar-refractivity contribution in [2.75, 3.05) is 0 Å². The third kappa shape index (κ3) is 2.46. The lowest BCUT2D eigenvalue weighted by Gasteiger charge is -2.28. The largest absolute Gasteiger partial charge is 0.322 e. The van der Waals surface area contributed by atoms with Crippen LogP contribution in [0.1, 0.15) is 49.8 Å². The molecule has 1 aromatic heterocycles. The number of carbonyl (C=O) groups excluding carboxylic acids is 2. The maximum atomic E-state index is 12.3. The van der Waals surface area contributed by atoms with E-state index in [9.17, 15) is 9.59 Å². The minimum Gasteiger partial charge on any atom is -0.319 e. The standard InChI is InChI=1S/C15H20N2O2S/c18-13-15(17-14(19)16-13,12-7-4-10-20-12)9-8-11-5-2-1-3-6-11/h4,7,10-11H,1-3,5-6,8-9H2,(H2,16,17,18,19). The van der Waals surface area contributed by atoms with Gasteiger partial charge in [0.1, 0.15) is 0 Å². The van der Waals surface area contributed by atoms with Gasteiger partial charge in [-0.3, -0.25) is 10.1 Å². The molecule has 3 amide bonds. The molecule has 3 rings (SSSR count). The molecule has 0 radical (unpaired) electrons. The number of imide groups is 1. The Morgan fingerprint density at radius 1 is 1.25 bits per heavy atom. The lowest BCUT2D eigenvalue weighted by atomic mass is 9.81.